The Morgan fingerprint density at radius 1 is 0.556 bits per heavy atom. The number of hydrogen-bond donors (Lipinski definition) is 0. The van der Waals surface area contributed by atoms with Crippen LogP contribution in [0.2, 0.25) is 0 Å². The second-order valence-corrected chi connectivity index (χ2v) is 16.0. The van der Waals surface area contributed by atoms with Gasteiger partial charge in [-0.15, -0.1) is 0 Å². The molecule has 2 saturated carbocycles. The van der Waals surface area contributed by atoms with Crippen molar-refractivity contribution < 1.29 is 4.42 Å². The van der Waals surface area contributed by atoms with Crippen LogP contribution in [0.3, 0.4) is 0 Å². The molecule has 8 aromatic rings. The first-order valence-corrected chi connectivity index (χ1v) is 19.2. The Bertz CT molecular complexity index is 2740. The average molecular weight is 701 g/mol. The van der Waals surface area contributed by atoms with Crippen molar-refractivity contribution in [3.63, 3.8) is 0 Å². The van der Waals surface area contributed by atoms with E-state index in [2.05, 4.69) is 92.7 Å². The zero-order valence-electron chi connectivity index (χ0n) is 30.6. The second kappa shape index (κ2) is 12.8. The molecule has 2 aliphatic carbocycles. The molecule has 0 spiro atoms. The van der Waals surface area contributed by atoms with E-state index in [0.29, 0.717) is 23.0 Å². The molecular weight excluding hydrogens is 661 g/mol. The van der Waals surface area contributed by atoms with Crippen LogP contribution in [0.15, 0.2) is 132 Å². The number of nitriles is 1. The topological polar surface area (TPSA) is 75.6 Å². The van der Waals surface area contributed by atoms with Gasteiger partial charge in [0.2, 0.25) is 0 Å². The molecule has 54 heavy (non-hydrogen) atoms. The maximum Gasteiger partial charge on any atom is 0.167 e. The van der Waals surface area contributed by atoms with Gasteiger partial charge in [-0.05, 0) is 95.5 Å². The van der Waals surface area contributed by atoms with E-state index in [-0.39, 0.29) is 5.41 Å². The highest BCUT2D eigenvalue weighted by molar-refractivity contribution is 6.09. The van der Waals surface area contributed by atoms with Crippen LogP contribution in [0, 0.1) is 29.1 Å². The predicted octanol–water partition coefficient (Wildman–Crippen LogP) is 12.6. The lowest BCUT2D eigenvalue weighted by atomic mass is 9.54. The summed E-state index contributed by atoms with van der Waals surface area (Å²) in [7, 11) is 0. The lowest BCUT2D eigenvalue weighted by Gasteiger charge is -2.50. The van der Waals surface area contributed by atoms with Crippen LogP contribution in [-0.4, -0.2) is 15.0 Å². The van der Waals surface area contributed by atoms with E-state index in [1.54, 1.807) is 0 Å². The molecule has 2 aliphatic rings. The predicted molar refractivity (Wildman–Crippen MR) is 218 cm³/mol. The van der Waals surface area contributed by atoms with Crippen molar-refractivity contribution in [3.05, 3.63) is 139 Å². The number of hydrogen-bond acceptors (Lipinski definition) is 5. The fourth-order valence-corrected chi connectivity index (χ4v) is 10.2. The summed E-state index contributed by atoms with van der Waals surface area (Å²) in [5.41, 5.74) is 8.85. The van der Waals surface area contributed by atoms with Gasteiger partial charge in [-0.1, -0.05) is 123 Å². The Morgan fingerprint density at radius 2 is 1.15 bits per heavy atom. The van der Waals surface area contributed by atoms with Crippen LogP contribution in [0.4, 0.5) is 0 Å². The third kappa shape index (κ3) is 5.48. The Morgan fingerprint density at radius 3 is 1.85 bits per heavy atom. The summed E-state index contributed by atoms with van der Waals surface area (Å²) in [6, 6.07) is 46.2. The van der Waals surface area contributed by atoms with Crippen molar-refractivity contribution in [2.24, 2.45) is 17.8 Å². The van der Waals surface area contributed by atoms with Gasteiger partial charge in [0.15, 0.2) is 17.5 Å². The van der Waals surface area contributed by atoms with E-state index in [9.17, 15) is 5.26 Å². The molecule has 10 rings (SSSR count). The summed E-state index contributed by atoms with van der Waals surface area (Å²) in [5.74, 6) is 4.16. The first-order valence-electron chi connectivity index (χ1n) is 19.2. The molecule has 2 fully saturated rings. The minimum atomic E-state index is 0.257. The third-order valence-electron chi connectivity index (χ3n) is 12.2. The largest absolute Gasteiger partial charge is 0.455 e. The monoisotopic (exact) mass is 700 g/mol. The van der Waals surface area contributed by atoms with E-state index in [0.717, 1.165) is 78.3 Å². The maximum atomic E-state index is 9.72. The normalized spacial score (nSPS) is 21.0. The minimum absolute atomic E-state index is 0.257. The Hall–Kier alpha value is -6.12. The highest BCUT2D eigenvalue weighted by Crippen LogP contribution is 2.54. The van der Waals surface area contributed by atoms with Gasteiger partial charge in [-0.3, -0.25) is 0 Å². The van der Waals surface area contributed by atoms with Crippen LogP contribution < -0.4 is 0 Å². The van der Waals surface area contributed by atoms with Crippen LogP contribution in [0.1, 0.15) is 57.1 Å². The van der Waals surface area contributed by atoms with Crippen LogP contribution in [0.5, 0.6) is 0 Å². The molecule has 262 valence electrons. The molecule has 2 aromatic heterocycles. The fourth-order valence-electron chi connectivity index (χ4n) is 10.2. The Labute approximate surface area is 315 Å². The number of nitrogens with zero attached hydrogens (tertiary/aromatic N) is 4. The minimum Gasteiger partial charge on any atom is -0.455 e. The van der Waals surface area contributed by atoms with Gasteiger partial charge in [-0.2, -0.15) is 5.26 Å². The summed E-state index contributed by atoms with van der Waals surface area (Å²) >= 11 is 0. The van der Waals surface area contributed by atoms with Gasteiger partial charge in [0, 0.05) is 27.3 Å². The van der Waals surface area contributed by atoms with Crippen molar-refractivity contribution in [2.45, 2.75) is 51.4 Å². The number of aromatic nitrogens is 3. The average Bonchev–Trinajstić information content (AvgIpc) is 3.59. The Kier molecular flexibility index (Phi) is 7.70. The zero-order chi connectivity index (χ0) is 36.4. The molecule has 2 unspecified atom stereocenters. The standard InChI is InChI=1S/C49H40N4O/c1-30-24-32-25-31(2)27-49(26-30,28-32)37-21-18-35(19-22-37)47-51-46(52-48(53-47)43-12-7-11-42-41-10-5-6-13-44(41)54-45(42)43)34-16-14-33(15-17-34)39-23-20-36(29-50)38-8-3-4-9-40(38)39/h3-23,30-32H,24-28H2,1-2H3/t30-,31+,32?,49?. The van der Waals surface area contributed by atoms with Gasteiger partial charge in [-0.25, -0.2) is 15.0 Å². The molecule has 2 heterocycles. The number of benzene rings is 6. The van der Waals surface area contributed by atoms with Gasteiger partial charge in [0.1, 0.15) is 11.2 Å². The van der Waals surface area contributed by atoms with Crippen LogP contribution >= 0.6 is 0 Å². The third-order valence-corrected chi connectivity index (χ3v) is 12.2. The molecule has 0 aliphatic heterocycles. The van der Waals surface area contributed by atoms with E-state index in [1.165, 1.54) is 37.7 Å². The van der Waals surface area contributed by atoms with E-state index in [4.69, 9.17) is 19.4 Å². The Balaban J connectivity index is 1.09. The van der Waals surface area contributed by atoms with Gasteiger partial charge in [0.05, 0.1) is 17.2 Å². The van der Waals surface area contributed by atoms with Crippen molar-refractivity contribution in [1.82, 2.24) is 15.0 Å². The number of furan rings is 1. The van der Waals surface area contributed by atoms with Crippen LogP contribution in [0.25, 0.3) is 78.0 Å². The summed E-state index contributed by atoms with van der Waals surface area (Å²) in [6.07, 6.45) is 6.57. The summed E-state index contributed by atoms with van der Waals surface area (Å²) in [5, 5.41) is 13.8. The molecule has 5 nitrogen and oxygen atoms in total. The molecule has 0 N–H and O–H groups in total. The highest BCUT2D eigenvalue weighted by Gasteiger charge is 2.45. The summed E-state index contributed by atoms with van der Waals surface area (Å²) < 4.78 is 6.46. The van der Waals surface area contributed by atoms with Crippen LogP contribution in [-0.2, 0) is 5.41 Å². The first-order chi connectivity index (χ1) is 26.4. The maximum absolute atomic E-state index is 9.72. The van der Waals surface area contributed by atoms with Crippen molar-refractivity contribution in [1.29, 1.82) is 5.26 Å². The SMILES string of the molecule is C[C@@H]1CC2C[C@H](C)CC(c3ccc(-c4nc(-c5ccc(-c6ccc(C#N)c7ccccc67)cc5)nc(-c5cccc6c5oc5ccccc56)n4)cc3)(C2)C1. The summed E-state index contributed by atoms with van der Waals surface area (Å²) in [4.78, 5) is 15.4. The van der Waals surface area contributed by atoms with E-state index < -0.39 is 0 Å². The molecular formula is C49H40N4O. The zero-order valence-corrected chi connectivity index (χ0v) is 30.6. The second-order valence-electron chi connectivity index (χ2n) is 16.0. The van der Waals surface area contributed by atoms with Crippen molar-refractivity contribution in [3.8, 4) is 51.4 Å². The first kappa shape index (κ1) is 32.5. The quantitative estimate of drug-likeness (QED) is 0.179. The molecule has 0 amide bonds. The molecule has 2 bridgehead atoms. The molecule has 5 heteroatoms. The number of para-hydroxylation sites is 2. The van der Waals surface area contributed by atoms with E-state index >= 15 is 0 Å². The number of fused-ring (bicyclic) bond motifs is 6. The molecule has 0 saturated heterocycles. The summed E-state index contributed by atoms with van der Waals surface area (Å²) in [6.45, 7) is 4.89. The molecule has 0 radical (unpaired) electrons. The smallest absolute Gasteiger partial charge is 0.167 e. The number of rotatable bonds is 5. The fraction of sp³-hybridized carbons (Fsp3) is 0.224. The molecule has 6 aromatic carbocycles. The lowest BCUT2D eigenvalue weighted by Crippen LogP contribution is -2.42. The van der Waals surface area contributed by atoms with Gasteiger partial charge >= 0.3 is 0 Å². The molecule has 4 atom stereocenters. The van der Waals surface area contributed by atoms with Gasteiger partial charge in [0.25, 0.3) is 0 Å². The lowest BCUT2D eigenvalue weighted by molar-refractivity contribution is 0.0780. The van der Waals surface area contributed by atoms with Crippen molar-refractivity contribution >= 4 is 32.7 Å². The van der Waals surface area contributed by atoms with E-state index in [1.807, 2.05) is 54.6 Å². The highest BCUT2D eigenvalue weighted by atomic mass is 16.3. The van der Waals surface area contributed by atoms with Gasteiger partial charge < -0.3 is 4.42 Å². The van der Waals surface area contributed by atoms with Crippen molar-refractivity contribution in [2.75, 3.05) is 0 Å².